The van der Waals surface area contributed by atoms with E-state index in [4.69, 9.17) is 11.0 Å². The molecule has 0 atom stereocenters. The first-order valence-electron chi connectivity index (χ1n) is 6.07. The van der Waals surface area contributed by atoms with Crippen LogP contribution in [-0.4, -0.2) is 18.6 Å². The van der Waals surface area contributed by atoms with Crippen molar-refractivity contribution in [3.8, 4) is 6.07 Å². The molecule has 1 aromatic carbocycles. The van der Waals surface area contributed by atoms with Gasteiger partial charge in [0.1, 0.15) is 5.54 Å². The summed E-state index contributed by atoms with van der Waals surface area (Å²) in [5.74, 6) is 0. The van der Waals surface area contributed by atoms with E-state index in [-0.39, 0.29) is 0 Å². The molecule has 17 heavy (non-hydrogen) atoms. The van der Waals surface area contributed by atoms with Gasteiger partial charge in [-0.25, -0.2) is 0 Å². The third kappa shape index (κ3) is 2.27. The lowest BCUT2D eigenvalue weighted by atomic mass is 9.89. The fourth-order valence-electron chi connectivity index (χ4n) is 2.55. The highest BCUT2D eigenvalue weighted by Gasteiger charge is 2.31. The normalized spacial score (nSPS) is 18.8. The smallest absolute Gasteiger partial charge is 0.107 e. The second-order valence-corrected chi connectivity index (χ2v) is 5.00. The third-order valence-electron chi connectivity index (χ3n) is 3.63. The third-order valence-corrected chi connectivity index (χ3v) is 3.63. The van der Waals surface area contributed by atoms with E-state index >= 15 is 0 Å². The fourth-order valence-corrected chi connectivity index (χ4v) is 2.55. The summed E-state index contributed by atoms with van der Waals surface area (Å²) in [6.45, 7) is 6.01. The minimum Gasteiger partial charge on any atom is -0.371 e. The molecule has 0 saturated carbocycles. The van der Waals surface area contributed by atoms with Crippen molar-refractivity contribution in [2.24, 2.45) is 5.73 Å². The largest absolute Gasteiger partial charge is 0.371 e. The molecule has 1 saturated heterocycles. The van der Waals surface area contributed by atoms with Gasteiger partial charge < -0.3 is 10.6 Å². The maximum atomic E-state index is 9.02. The minimum atomic E-state index is -0.618. The quantitative estimate of drug-likeness (QED) is 0.802. The lowest BCUT2D eigenvalue weighted by molar-refractivity contribution is 0.415. The molecule has 0 amide bonds. The van der Waals surface area contributed by atoms with Crippen LogP contribution in [0.15, 0.2) is 18.2 Å². The molecule has 2 rings (SSSR count). The molecular formula is C14H19N3. The van der Waals surface area contributed by atoms with Gasteiger partial charge in [-0.15, -0.1) is 0 Å². The number of hydrogen-bond acceptors (Lipinski definition) is 3. The van der Waals surface area contributed by atoms with Crippen molar-refractivity contribution in [1.82, 2.24) is 0 Å². The van der Waals surface area contributed by atoms with E-state index in [2.05, 4.69) is 43.0 Å². The van der Waals surface area contributed by atoms with Crippen molar-refractivity contribution in [1.29, 1.82) is 5.26 Å². The van der Waals surface area contributed by atoms with E-state index in [0.29, 0.717) is 0 Å². The molecule has 3 nitrogen and oxygen atoms in total. The van der Waals surface area contributed by atoms with Crippen molar-refractivity contribution in [2.75, 3.05) is 18.0 Å². The van der Waals surface area contributed by atoms with Crippen LogP contribution in [-0.2, 0) is 0 Å². The van der Waals surface area contributed by atoms with E-state index in [1.165, 1.54) is 16.8 Å². The molecule has 0 unspecified atom stereocenters. The monoisotopic (exact) mass is 229 g/mol. The number of nitriles is 1. The molecule has 90 valence electrons. The van der Waals surface area contributed by atoms with E-state index in [0.717, 1.165) is 25.9 Å². The van der Waals surface area contributed by atoms with Crippen LogP contribution in [0.2, 0.25) is 0 Å². The van der Waals surface area contributed by atoms with Crippen LogP contribution in [0.1, 0.15) is 24.0 Å². The molecule has 0 aliphatic carbocycles. The average Bonchev–Trinajstić information content (AvgIpc) is 2.31. The molecular weight excluding hydrogens is 210 g/mol. The number of rotatable bonds is 1. The van der Waals surface area contributed by atoms with Crippen molar-refractivity contribution in [3.05, 3.63) is 29.3 Å². The number of benzene rings is 1. The lowest BCUT2D eigenvalue weighted by Crippen LogP contribution is -2.49. The highest BCUT2D eigenvalue weighted by Crippen LogP contribution is 2.29. The molecule has 1 aliphatic rings. The SMILES string of the molecule is Cc1cccc(C)c1N1CCC(N)(C#N)CC1. The first-order chi connectivity index (χ1) is 8.06. The summed E-state index contributed by atoms with van der Waals surface area (Å²) in [7, 11) is 0. The number of nitrogens with zero attached hydrogens (tertiary/aromatic N) is 2. The Bertz CT molecular complexity index is 431. The van der Waals surface area contributed by atoms with Gasteiger partial charge in [0.25, 0.3) is 0 Å². The molecule has 1 fully saturated rings. The van der Waals surface area contributed by atoms with Gasteiger partial charge in [-0.1, -0.05) is 18.2 Å². The first kappa shape index (κ1) is 11.9. The van der Waals surface area contributed by atoms with Crippen molar-refractivity contribution < 1.29 is 0 Å². The number of aryl methyl sites for hydroxylation is 2. The summed E-state index contributed by atoms with van der Waals surface area (Å²) < 4.78 is 0. The van der Waals surface area contributed by atoms with Crippen molar-refractivity contribution >= 4 is 5.69 Å². The maximum absolute atomic E-state index is 9.02. The molecule has 0 bridgehead atoms. The summed E-state index contributed by atoms with van der Waals surface area (Å²) in [6.07, 6.45) is 1.49. The molecule has 1 heterocycles. The van der Waals surface area contributed by atoms with E-state index in [1.54, 1.807) is 0 Å². The zero-order valence-electron chi connectivity index (χ0n) is 10.5. The molecule has 1 aromatic rings. The van der Waals surface area contributed by atoms with Crippen LogP contribution >= 0.6 is 0 Å². The van der Waals surface area contributed by atoms with Gasteiger partial charge >= 0.3 is 0 Å². The zero-order chi connectivity index (χ0) is 12.5. The van der Waals surface area contributed by atoms with Crippen LogP contribution < -0.4 is 10.6 Å². The van der Waals surface area contributed by atoms with Crippen LogP contribution in [0.5, 0.6) is 0 Å². The molecule has 0 spiro atoms. The van der Waals surface area contributed by atoms with Gasteiger partial charge in [-0.3, -0.25) is 0 Å². The van der Waals surface area contributed by atoms with Crippen LogP contribution in [0.25, 0.3) is 0 Å². The Hall–Kier alpha value is -1.53. The Balaban J connectivity index is 2.19. The minimum absolute atomic E-state index is 0.618. The second-order valence-electron chi connectivity index (χ2n) is 5.00. The van der Waals surface area contributed by atoms with Crippen LogP contribution in [0.4, 0.5) is 5.69 Å². The number of anilines is 1. The Morgan fingerprint density at radius 2 is 1.76 bits per heavy atom. The molecule has 3 heteroatoms. The zero-order valence-corrected chi connectivity index (χ0v) is 10.5. The van der Waals surface area contributed by atoms with E-state index < -0.39 is 5.54 Å². The highest BCUT2D eigenvalue weighted by molar-refractivity contribution is 5.59. The van der Waals surface area contributed by atoms with E-state index in [1.807, 2.05) is 0 Å². The van der Waals surface area contributed by atoms with Gasteiger partial charge in [-0.05, 0) is 37.8 Å². The maximum Gasteiger partial charge on any atom is 0.107 e. The van der Waals surface area contributed by atoms with Crippen LogP contribution in [0, 0.1) is 25.2 Å². The van der Waals surface area contributed by atoms with Crippen molar-refractivity contribution in [3.63, 3.8) is 0 Å². The average molecular weight is 229 g/mol. The standard InChI is InChI=1S/C14H19N3/c1-11-4-3-5-12(2)13(11)17-8-6-14(16,10-15)7-9-17/h3-5H,6-9,16H2,1-2H3. The number of nitrogens with two attached hydrogens (primary N) is 1. The summed E-state index contributed by atoms with van der Waals surface area (Å²) in [5.41, 5.74) is 9.28. The topological polar surface area (TPSA) is 53.0 Å². The summed E-state index contributed by atoms with van der Waals surface area (Å²) in [4.78, 5) is 2.35. The summed E-state index contributed by atoms with van der Waals surface area (Å²) in [6, 6.07) is 8.59. The van der Waals surface area contributed by atoms with Crippen molar-refractivity contribution in [2.45, 2.75) is 32.2 Å². The molecule has 2 N–H and O–H groups in total. The Morgan fingerprint density at radius 1 is 1.24 bits per heavy atom. The van der Waals surface area contributed by atoms with Gasteiger partial charge in [0, 0.05) is 18.8 Å². The predicted molar refractivity (Wildman–Crippen MR) is 69.9 cm³/mol. The highest BCUT2D eigenvalue weighted by atomic mass is 15.1. The predicted octanol–water partition coefficient (Wildman–Crippen LogP) is 2.12. The fraction of sp³-hybridized carbons (Fsp3) is 0.500. The van der Waals surface area contributed by atoms with Gasteiger partial charge in [-0.2, -0.15) is 5.26 Å². The Labute approximate surface area is 103 Å². The molecule has 0 aromatic heterocycles. The second kappa shape index (κ2) is 4.38. The van der Waals surface area contributed by atoms with Gasteiger partial charge in [0.15, 0.2) is 0 Å². The molecule has 0 radical (unpaired) electrons. The number of piperidine rings is 1. The Morgan fingerprint density at radius 3 is 2.24 bits per heavy atom. The van der Waals surface area contributed by atoms with Gasteiger partial charge in [0.05, 0.1) is 6.07 Å². The number of hydrogen-bond donors (Lipinski definition) is 1. The summed E-state index contributed by atoms with van der Waals surface area (Å²) in [5, 5.41) is 9.02. The summed E-state index contributed by atoms with van der Waals surface area (Å²) >= 11 is 0. The molecule has 1 aliphatic heterocycles. The first-order valence-corrected chi connectivity index (χ1v) is 6.07. The van der Waals surface area contributed by atoms with E-state index in [9.17, 15) is 0 Å². The van der Waals surface area contributed by atoms with Crippen LogP contribution in [0.3, 0.4) is 0 Å². The Kier molecular flexibility index (Phi) is 3.08. The number of para-hydroxylation sites is 1. The van der Waals surface area contributed by atoms with Gasteiger partial charge in [0.2, 0.25) is 0 Å². The lowest BCUT2D eigenvalue weighted by Gasteiger charge is -2.37.